The van der Waals surface area contributed by atoms with Gasteiger partial charge in [0.05, 0.1) is 7.11 Å². The number of rotatable bonds is 4. The minimum absolute atomic E-state index is 0.0521. The van der Waals surface area contributed by atoms with Crippen LogP contribution in [0.2, 0.25) is 0 Å². The molecule has 0 saturated heterocycles. The van der Waals surface area contributed by atoms with Crippen LogP contribution in [0, 0.1) is 11.3 Å². The van der Waals surface area contributed by atoms with E-state index < -0.39 is 11.8 Å². The molecule has 1 saturated carbocycles. The molecule has 2 unspecified atom stereocenters. The van der Waals surface area contributed by atoms with Crippen molar-refractivity contribution in [1.82, 2.24) is 5.32 Å². The fourth-order valence-electron chi connectivity index (χ4n) is 5.40. The fraction of sp³-hybridized carbons (Fsp3) is 0.538. The molecule has 3 aliphatic rings. The Hall–Kier alpha value is -2.56. The van der Waals surface area contributed by atoms with Gasteiger partial charge in [0.1, 0.15) is 17.8 Å². The Balaban J connectivity index is 1.78. The lowest BCUT2D eigenvalue weighted by Gasteiger charge is -2.42. The number of nitrogens with one attached hydrogen (secondary N) is 1. The predicted molar refractivity (Wildman–Crippen MR) is 120 cm³/mol. The summed E-state index contributed by atoms with van der Waals surface area (Å²) in [4.78, 5) is 26.8. The van der Waals surface area contributed by atoms with Gasteiger partial charge in [-0.25, -0.2) is 0 Å². The summed E-state index contributed by atoms with van der Waals surface area (Å²) in [6, 6.07) is 7.64. The Bertz CT molecular complexity index is 923. The molecule has 31 heavy (non-hydrogen) atoms. The van der Waals surface area contributed by atoms with Gasteiger partial charge in [0.25, 0.3) is 0 Å². The second-order valence-electron chi connectivity index (χ2n) is 9.88. The van der Waals surface area contributed by atoms with E-state index in [0.29, 0.717) is 23.4 Å². The number of hydrogen-bond donors (Lipinski definition) is 1. The highest BCUT2D eigenvalue weighted by atomic mass is 16.5. The van der Waals surface area contributed by atoms with Crippen molar-refractivity contribution >= 4 is 11.8 Å². The van der Waals surface area contributed by atoms with Crippen molar-refractivity contribution in [3.05, 3.63) is 53.4 Å². The third-order valence-electron chi connectivity index (χ3n) is 6.81. The largest absolute Gasteiger partial charge is 0.496 e. The normalized spacial score (nSPS) is 26.2. The SMILES string of the molecule is C=C1NC2=C(C(=O)CC(C)(C)C2)C(c2ccccc2OC)C1C(=O)OC1CCCCC1. The van der Waals surface area contributed by atoms with E-state index in [2.05, 4.69) is 25.7 Å². The zero-order valence-electron chi connectivity index (χ0n) is 18.8. The van der Waals surface area contributed by atoms with Gasteiger partial charge in [-0.2, -0.15) is 0 Å². The number of allylic oxidation sites excluding steroid dienone is 2. The van der Waals surface area contributed by atoms with Crippen LogP contribution < -0.4 is 10.1 Å². The third kappa shape index (κ3) is 4.28. The van der Waals surface area contributed by atoms with Crippen molar-refractivity contribution < 1.29 is 19.1 Å². The van der Waals surface area contributed by atoms with Crippen molar-refractivity contribution in [2.75, 3.05) is 7.11 Å². The molecule has 4 rings (SSSR count). The summed E-state index contributed by atoms with van der Waals surface area (Å²) in [6.07, 6.45) is 6.30. The topological polar surface area (TPSA) is 64.6 Å². The molecule has 5 heteroatoms. The smallest absolute Gasteiger partial charge is 0.316 e. The molecule has 2 aliphatic carbocycles. The molecular formula is C26H33NO4. The van der Waals surface area contributed by atoms with Crippen LogP contribution >= 0.6 is 0 Å². The number of benzene rings is 1. The third-order valence-corrected chi connectivity index (χ3v) is 6.81. The first-order valence-corrected chi connectivity index (χ1v) is 11.4. The molecule has 1 aliphatic heterocycles. The molecule has 0 radical (unpaired) electrons. The van der Waals surface area contributed by atoms with Crippen LogP contribution in [0.25, 0.3) is 0 Å². The van der Waals surface area contributed by atoms with Crippen LogP contribution in [-0.2, 0) is 14.3 Å². The molecule has 166 valence electrons. The molecule has 1 heterocycles. The maximum Gasteiger partial charge on any atom is 0.316 e. The van der Waals surface area contributed by atoms with Gasteiger partial charge in [0.2, 0.25) is 0 Å². The Morgan fingerprint density at radius 3 is 2.55 bits per heavy atom. The van der Waals surface area contributed by atoms with Crippen LogP contribution in [0.1, 0.15) is 70.3 Å². The Labute approximate surface area is 184 Å². The number of hydrogen-bond acceptors (Lipinski definition) is 5. The van der Waals surface area contributed by atoms with E-state index in [9.17, 15) is 9.59 Å². The van der Waals surface area contributed by atoms with Gasteiger partial charge in [0, 0.05) is 34.9 Å². The molecule has 2 atom stereocenters. The molecule has 1 aromatic carbocycles. The van der Waals surface area contributed by atoms with Gasteiger partial charge in [-0.15, -0.1) is 0 Å². The maximum atomic E-state index is 13.5. The van der Waals surface area contributed by atoms with Gasteiger partial charge in [-0.05, 0) is 43.6 Å². The van der Waals surface area contributed by atoms with Crippen molar-refractivity contribution in [3.8, 4) is 5.75 Å². The average molecular weight is 424 g/mol. The minimum Gasteiger partial charge on any atom is -0.496 e. The van der Waals surface area contributed by atoms with Gasteiger partial charge in [-0.3, -0.25) is 9.59 Å². The van der Waals surface area contributed by atoms with E-state index in [1.807, 2.05) is 24.3 Å². The molecule has 1 N–H and O–H groups in total. The summed E-state index contributed by atoms with van der Waals surface area (Å²) in [5, 5.41) is 3.33. The van der Waals surface area contributed by atoms with Crippen molar-refractivity contribution in [1.29, 1.82) is 0 Å². The van der Waals surface area contributed by atoms with E-state index in [0.717, 1.165) is 43.4 Å². The van der Waals surface area contributed by atoms with E-state index in [-0.39, 0.29) is 23.3 Å². The lowest BCUT2D eigenvalue weighted by Crippen LogP contribution is -2.44. The van der Waals surface area contributed by atoms with Gasteiger partial charge < -0.3 is 14.8 Å². The monoisotopic (exact) mass is 423 g/mol. The first kappa shape index (κ1) is 21.7. The molecule has 0 amide bonds. The zero-order chi connectivity index (χ0) is 22.2. The number of para-hydroxylation sites is 1. The Morgan fingerprint density at radius 2 is 1.84 bits per heavy atom. The first-order valence-electron chi connectivity index (χ1n) is 11.4. The lowest BCUT2D eigenvalue weighted by molar-refractivity contribution is -0.155. The number of methoxy groups -OCH3 is 1. The number of Topliss-reactive ketones (excluding diaryl/α,β-unsaturated/α-hetero) is 1. The summed E-state index contributed by atoms with van der Waals surface area (Å²) < 4.78 is 11.6. The predicted octanol–water partition coefficient (Wildman–Crippen LogP) is 5.03. The number of ether oxygens (including phenoxy) is 2. The number of esters is 1. The number of carbonyl (C=O) groups excluding carboxylic acids is 2. The lowest BCUT2D eigenvalue weighted by atomic mass is 9.66. The molecular weight excluding hydrogens is 390 g/mol. The maximum absolute atomic E-state index is 13.5. The highest BCUT2D eigenvalue weighted by Gasteiger charge is 2.47. The van der Waals surface area contributed by atoms with E-state index in [4.69, 9.17) is 9.47 Å². The van der Waals surface area contributed by atoms with Crippen molar-refractivity contribution in [3.63, 3.8) is 0 Å². The van der Waals surface area contributed by atoms with Crippen molar-refractivity contribution in [2.45, 2.75) is 70.8 Å². The summed E-state index contributed by atoms with van der Waals surface area (Å²) in [5.41, 5.74) is 2.86. The van der Waals surface area contributed by atoms with E-state index in [1.54, 1.807) is 7.11 Å². The summed E-state index contributed by atoms with van der Waals surface area (Å²) in [7, 11) is 1.62. The fourth-order valence-corrected chi connectivity index (χ4v) is 5.40. The standard InChI is InChI=1S/C26H33NO4/c1-16-22(25(29)31-17-10-6-5-7-11-17)23(18-12-8-9-13-21(18)30-4)24-19(27-16)14-26(2,3)15-20(24)28/h8-9,12-13,17,22-23,27H,1,5-7,10-11,14-15H2,2-4H3. The number of carbonyl (C=O) groups is 2. The van der Waals surface area contributed by atoms with Crippen molar-refractivity contribution in [2.24, 2.45) is 11.3 Å². The first-order chi connectivity index (χ1) is 14.8. The van der Waals surface area contributed by atoms with Gasteiger partial charge >= 0.3 is 5.97 Å². The van der Waals surface area contributed by atoms with E-state index in [1.165, 1.54) is 6.42 Å². The molecule has 1 aromatic rings. The van der Waals surface area contributed by atoms with Crippen LogP contribution in [0.4, 0.5) is 0 Å². The Morgan fingerprint density at radius 1 is 1.13 bits per heavy atom. The van der Waals surface area contributed by atoms with Crippen LogP contribution in [0.3, 0.4) is 0 Å². The molecule has 5 nitrogen and oxygen atoms in total. The summed E-state index contributed by atoms with van der Waals surface area (Å²) in [6.45, 7) is 8.40. The molecule has 0 aromatic heterocycles. The van der Waals surface area contributed by atoms with Gasteiger partial charge in [0.15, 0.2) is 5.78 Å². The van der Waals surface area contributed by atoms with Crippen LogP contribution in [-0.4, -0.2) is 25.0 Å². The second-order valence-corrected chi connectivity index (χ2v) is 9.88. The van der Waals surface area contributed by atoms with E-state index >= 15 is 0 Å². The van der Waals surface area contributed by atoms with Crippen LogP contribution in [0.5, 0.6) is 5.75 Å². The zero-order valence-corrected chi connectivity index (χ0v) is 18.8. The Kier molecular flexibility index (Phi) is 5.96. The molecule has 0 spiro atoms. The minimum atomic E-state index is -0.665. The summed E-state index contributed by atoms with van der Waals surface area (Å²) >= 11 is 0. The van der Waals surface area contributed by atoms with Gasteiger partial charge in [-0.1, -0.05) is 45.0 Å². The second kappa shape index (κ2) is 8.52. The summed E-state index contributed by atoms with van der Waals surface area (Å²) in [5.74, 6) is -0.675. The quantitative estimate of drug-likeness (QED) is 0.688. The van der Waals surface area contributed by atoms with Crippen LogP contribution in [0.15, 0.2) is 47.8 Å². The molecule has 0 bridgehead atoms. The highest BCUT2D eigenvalue weighted by molar-refractivity contribution is 6.01. The number of ketones is 1. The highest BCUT2D eigenvalue weighted by Crippen LogP contribution is 2.50. The molecule has 1 fully saturated rings. The average Bonchev–Trinajstić information content (AvgIpc) is 2.72.